The van der Waals surface area contributed by atoms with Crippen LogP contribution in [0, 0.1) is 0 Å². The van der Waals surface area contributed by atoms with Crippen LogP contribution in [0.15, 0.2) is 48.5 Å². The highest BCUT2D eigenvalue weighted by Crippen LogP contribution is 2.27. The van der Waals surface area contributed by atoms with Crippen LogP contribution in [0.2, 0.25) is 10.0 Å². The van der Waals surface area contributed by atoms with Gasteiger partial charge in [-0.25, -0.2) is 8.42 Å². The Morgan fingerprint density at radius 2 is 1.61 bits per heavy atom. The third kappa shape index (κ3) is 7.35. The van der Waals surface area contributed by atoms with Crippen molar-refractivity contribution in [2.75, 3.05) is 23.7 Å². The molecule has 10 heteroatoms. The Kier molecular flexibility index (Phi) is 10.0. The molecule has 0 fully saturated rings. The molecule has 1 N–H and O–H groups in total. The second kappa shape index (κ2) is 12.3. The van der Waals surface area contributed by atoms with E-state index < -0.39 is 28.5 Å². The van der Waals surface area contributed by atoms with Gasteiger partial charge in [-0.05, 0) is 37.1 Å². The molecule has 0 aliphatic rings. The van der Waals surface area contributed by atoms with Gasteiger partial charge < -0.3 is 10.2 Å². The summed E-state index contributed by atoms with van der Waals surface area (Å²) in [5, 5.41) is 3.53. The van der Waals surface area contributed by atoms with Crippen LogP contribution in [0.5, 0.6) is 0 Å². The second-order valence-corrected chi connectivity index (χ2v) is 10.3. The number of rotatable bonds is 11. The zero-order valence-electron chi connectivity index (χ0n) is 18.9. The van der Waals surface area contributed by atoms with Gasteiger partial charge in [-0.2, -0.15) is 0 Å². The summed E-state index contributed by atoms with van der Waals surface area (Å²) in [5.41, 5.74) is 0.842. The monoisotopic (exact) mass is 513 g/mol. The fourth-order valence-corrected chi connectivity index (χ4v) is 4.71. The number of para-hydroxylation sites is 1. The Morgan fingerprint density at radius 1 is 1.00 bits per heavy atom. The summed E-state index contributed by atoms with van der Waals surface area (Å²) >= 11 is 12.7. The molecular formula is C23H29Cl2N3O4S. The number of hydrogen-bond donors (Lipinski definition) is 1. The summed E-state index contributed by atoms with van der Waals surface area (Å²) in [6.45, 7) is 3.67. The molecule has 0 aliphatic heterocycles. The predicted octanol–water partition coefficient (Wildman–Crippen LogP) is 4.09. The average molecular weight is 514 g/mol. The van der Waals surface area contributed by atoms with Crippen LogP contribution in [0.3, 0.4) is 0 Å². The number of carbonyl (C=O) groups excluding carboxylic acids is 2. The summed E-state index contributed by atoms with van der Waals surface area (Å²) in [4.78, 5) is 27.8. The molecule has 2 rings (SSSR count). The van der Waals surface area contributed by atoms with Gasteiger partial charge >= 0.3 is 0 Å². The van der Waals surface area contributed by atoms with E-state index in [1.54, 1.807) is 55.5 Å². The van der Waals surface area contributed by atoms with E-state index in [2.05, 4.69) is 5.32 Å². The quantitative estimate of drug-likeness (QED) is 0.490. The molecular weight excluding hydrogens is 485 g/mol. The van der Waals surface area contributed by atoms with Crippen LogP contribution in [0.25, 0.3) is 0 Å². The molecule has 33 heavy (non-hydrogen) atoms. The van der Waals surface area contributed by atoms with Gasteiger partial charge in [-0.3, -0.25) is 13.9 Å². The fourth-order valence-electron chi connectivity index (χ4n) is 3.35. The van der Waals surface area contributed by atoms with Crippen molar-refractivity contribution in [1.82, 2.24) is 10.2 Å². The number of carbonyl (C=O) groups is 2. The summed E-state index contributed by atoms with van der Waals surface area (Å²) in [5.74, 6) is -0.861. The van der Waals surface area contributed by atoms with Crippen LogP contribution in [0.1, 0.15) is 32.3 Å². The van der Waals surface area contributed by atoms with Gasteiger partial charge in [0.2, 0.25) is 21.8 Å². The van der Waals surface area contributed by atoms with Crippen molar-refractivity contribution in [2.45, 2.75) is 39.3 Å². The van der Waals surface area contributed by atoms with Gasteiger partial charge in [0, 0.05) is 28.7 Å². The largest absolute Gasteiger partial charge is 0.354 e. The fraction of sp³-hybridized carbons (Fsp3) is 0.391. The maximum atomic E-state index is 13.5. The van der Waals surface area contributed by atoms with E-state index in [9.17, 15) is 18.0 Å². The Bertz CT molecular complexity index is 1040. The molecule has 2 aromatic carbocycles. The molecule has 1 atom stereocenters. The SMILES string of the molecule is CCCNC(=O)C(CC)N(Cc1c(Cl)cccc1Cl)C(=O)CN(c1ccccc1)S(C)(=O)=O. The third-order valence-corrected chi connectivity index (χ3v) is 6.90. The van der Waals surface area contributed by atoms with E-state index in [0.29, 0.717) is 34.3 Å². The van der Waals surface area contributed by atoms with Crippen LogP contribution >= 0.6 is 23.2 Å². The lowest BCUT2D eigenvalue weighted by atomic mass is 10.1. The first-order valence-electron chi connectivity index (χ1n) is 10.6. The van der Waals surface area contributed by atoms with Crippen LogP contribution in [0.4, 0.5) is 5.69 Å². The molecule has 7 nitrogen and oxygen atoms in total. The number of amides is 2. The molecule has 0 spiro atoms. The predicted molar refractivity (Wildman–Crippen MR) is 133 cm³/mol. The van der Waals surface area contributed by atoms with Crippen LogP contribution in [-0.4, -0.2) is 50.5 Å². The number of sulfonamides is 1. The van der Waals surface area contributed by atoms with Crippen LogP contribution < -0.4 is 9.62 Å². The molecule has 2 amide bonds. The lowest BCUT2D eigenvalue weighted by Crippen LogP contribution is -2.52. The number of anilines is 1. The van der Waals surface area contributed by atoms with Gasteiger partial charge in [-0.1, -0.05) is 61.3 Å². The highest BCUT2D eigenvalue weighted by atomic mass is 35.5. The normalized spacial score (nSPS) is 12.2. The zero-order chi connectivity index (χ0) is 24.6. The lowest BCUT2D eigenvalue weighted by molar-refractivity contribution is -0.140. The maximum Gasteiger partial charge on any atom is 0.244 e. The first-order chi connectivity index (χ1) is 15.6. The number of nitrogens with zero attached hydrogens (tertiary/aromatic N) is 2. The second-order valence-electron chi connectivity index (χ2n) is 7.54. The van der Waals surface area contributed by atoms with Gasteiger partial charge in [-0.15, -0.1) is 0 Å². The first kappa shape index (κ1) is 27.0. The molecule has 180 valence electrons. The Hall–Kier alpha value is -2.29. The zero-order valence-corrected chi connectivity index (χ0v) is 21.3. The van der Waals surface area contributed by atoms with Crippen molar-refractivity contribution >= 4 is 50.7 Å². The molecule has 0 aromatic heterocycles. The van der Waals surface area contributed by atoms with Crippen molar-refractivity contribution in [1.29, 1.82) is 0 Å². The third-order valence-electron chi connectivity index (χ3n) is 5.05. The van der Waals surface area contributed by atoms with Gasteiger partial charge in [0.15, 0.2) is 0 Å². The minimum atomic E-state index is -3.77. The number of nitrogens with one attached hydrogen (secondary N) is 1. The smallest absolute Gasteiger partial charge is 0.244 e. The van der Waals surface area contributed by atoms with Crippen molar-refractivity contribution in [3.05, 3.63) is 64.1 Å². The molecule has 0 aliphatic carbocycles. The summed E-state index contributed by atoms with van der Waals surface area (Å²) in [6, 6.07) is 12.5. The minimum absolute atomic E-state index is 0.0399. The van der Waals surface area contributed by atoms with E-state index in [4.69, 9.17) is 23.2 Å². The Balaban J connectivity index is 2.46. The van der Waals surface area contributed by atoms with Crippen LogP contribution in [-0.2, 0) is 26.2 Å². The average Bonchev–Trinajstić information content (AvgIpc) is 2.77. The highest BCUT2D eigenvalue weighted by Gasteiger charge is 2.32. The Morgan fingerprint density at radius 3 is 2.12 bits per heavy atom. The van der Waals surface area contributed by atoms with E-state index in [1.807, 2.05) is 6.92 Å². The molecule has 2 aromatic rings. The topological polar surface area (TPSA) is 86.8 Å². The number of halogens is 2. The lowest BCUT2D eigenvalue weighted by Gasteiger charge is -2.33. The van der Waals surface area contributed by atoms with Crippen molar-refractivity contribution in [2.24, 2.45) is 0 Å². The van der Waals surface area contributed by atoms with E-state index >= 15 is 0 Å². The minimum Gasteiger partial charge on any atom is -0.354 e. The molecule has 0 radical (unpaired) electrons. The Labute approximate surface area is 205 Å². The first-order valence-corrected chi connectivity index (χ1v) is 13.2. The molecule has 0 saturated heterocycles. The highest BCUT2D eigenvalue weighted by molar-refractivity contribution is 7.92. The number of hydrogen-bond acceptors (Lipinski definition) is 4. The molecule has 0 saturated carbocycles. The summed E-state index contributed by atoms with van der Waals surface area (Å²) < 4.78 is 26.0. The standard InChI is InChI=1S/C23H29Cl2N3O4S/c1-4-14-26-23(30)21(5-2)27(15-18-19(24)12-9-13-20(18)25)22(29)16-28(33(3,31)32)17-10-7-6-8-11-17/h6-13,21H,4-5,14-16H2,1-3H3,(H,26,30). The molecule has 0 bridgehead atoms. The van der Waals surface area contributed by atoms with Gasteiger partial charge in [0.05, 0.1) is 11.9 Å². The van der Waals surface area contributed by atoms with Crippen molar-refractivity contribution in [3.63, 3.8) is 0 Å². The maximum absolute atomic E-state index is 13.5. The van der Waals surface area contributed by atoms with Crippen molar-refractivity contribution < 1.29 is 18.0 Å². The summed E-state index contributed by atoms with van der Waals surface area (Å²) in [6.07, 6.45) is 2.10. The summed E-state index contributed by atoms with van der Waals surface area (Å²) in [7, 11) is -3.77. The molecule has 0 heterocycles. The van der Waals surface area contributed by atoms with Gasteiger partial charge in [0.25, 0.3) is 0 Å². The van der Waals surface area contributed by atoms with E-state index in [-0.39, 0.29) is 12.5 Å². The molecule has 1 unspecified atom stereocenters. The van der Waals surface area contributed by atoms with E-state index in [1.165, 1.54) is 4.90 Å². The number of benzene rings is 2. The van der Waals surface area contributed by atoms with E-state index in [0.717, 1.165) is 17.0 Å². The van der Waals surface area contributed by atoms with Gasteiger partial charge in [0.1, 0.15) is 12.6 Å². The van der Waals surface area contributed by atoms with Crippen molar-refractivity contribution in [3.8, 4) is 0 Å².